The lowest BCUT2D eigenvalue weighted by Gasteiger charge is -2.21. The minimum absolute atomic E-state index is 0.384. The zero-order chi connectivity index (χ0) is 13.0. The second kappa shape index (κ2) is 6.07. The maximum absolute atomic E-state index is 5.40. The predicted molar refractivity (Wildman–Crippen MR) is 77.5 cm³/mol. The molecular weight excluding hydrogens is 218 g/mol. The van der Waals surface area contributed by atoms with Gasteiger partial charge in [0.25, 0.3) is 0 Å². The van der Waals surface area contributed by atoms with Gasteiger partial charge in [-0.2, -0.15) is 0 Å². The Morgan fingerprint density at radius 3 is 2.83 bits per heavy atom. The third kappa shape index (κ3) is 2.94. The maximum Gasteiger partial charge on any atom is 0.0294 e. The molecule has 0 saturated carbocycles. The largest absolute Gasteiger partial charge is 0.307 e. The molecule has 1 aromatic carbocycles. The summed E-state index contributed by atoms with van der Waals surface area (Å²) in [5.74, 6) is 2.75. The Hall–Kier alpha value is -1.26. The first-order valence-corrected chi connectivity index (χ1v) is 7.05. The van der Waals surface area contributed by atoms with Crippen LogP contribution in [0.3, 0.4) is 0 Å². The van der Waals surface area contributed by atoms with Crippen molar-refractivity contribution >= 4 is 0 Å². The molecule has 0 spiro atoms. The SMILES string of the molecule is C#CCC(CC)NC(C)c1ccc2c(c1)CCC2. The van der Waals surface area contributed by atoms with Gasteiger partial charge in [-0.15, -0.1) is 12.3 Å². The summed E-state index contributed by atoms with van der Waals surface area (Å²) in [6.45, 7) is 4.42. The summed E-state index contributed by atoms with van der Waals surface area (Å²) in [5.41, 5.74) is 4.49. The number of benzene rings is 1. The van der Waals surface area contributed by atoms with Gasteiger partial charge in [-0.05, 0) is 49.3 Å². The first kappa shape index (κ1) is 13.2. The molecule has 0 aliphatic heterocycles. The van der Waals surface area contributed by atoms with Crippen LogP contribution in [0, 0.1) is 12.3 Å². The Kier molecular flexibility index (Phi) is 4.44. The number of hydrogen-bond acceptors (Lipinski definition) is 1. The van der Waals surface area contributed by atoms with Crippen molar-refractivity contribution in [3.05, 3.63) is 34.9 Å². The normalized spacial score (nSPS) is 16.9. The lowest BCUT2D eigenvalue weighted by molar-refractivity contribution is 0.449. The van der Waals surface area contributed by atoms with E-state index in [1.54, 1.807) is 11.1 Å². The summed E-state index contributed by atoms with van der Waals surface area (Å²) < 4.78 is 0. The highest BCUT2D eigenvalue weighted by Gasteiger charge is 2.15. The van der Waals surface area contributed by atoms with Crippen LogP contribution in [-0.4, -0.2) is 6.04 Å². The molecule has 0 fully saturated rings. The van der Waals surface area contributed by atoms with Crippen LogP contribution in [0.1, 0.15) is 55.8 Å². The van der Waals surface area contributed by atoms with E-state index in [9.17, 15) is 0 Å². The molecule has 1 aliphatic carbocycles. The van der Waals surface area contributed by atoms with Crippen molar-refractivity contribution in [2.24, 2.45) is 0 Å². The van der Waals surface area contributed by atoms with Gasteiger partial charge in [0.15, 0.2) is 0 Å². The molecule has 18 heavy (non-hydrogen) atoms. The maximum atomic E-state index is 5.40. The number of fused-ring (bicyclic) bond motifs is 1. The van der Waals surface area contributed by atoms with Crippen molar-refractivity contribution in [1.29, 1.82) is 0 Å². The van der Waals surface area contributed by atoms with E-state index in [1.165, 1.54) is 24.8 Å². The van der Waals surface area contributed by atoms with E-state index in [0.717, 1.165) is 12.8 Å². The van der Waals surface area contributed by atoms with Crippen molar-refractivity contribution in [2.45, 2.75) is 58.0 Å². The van der Waals surface area contributed by atoms with E-state index >= 15 is 0 Å². The summed E-state index contributed by atoms with van der Waals surface area (Å²) in [7, 11) is 0. The fourth-order valence-electron chi connectivity index (χ4n) is 2.77. The number of hydrogen-bond donors (Lipinski definition) is 1. The van der Waals surface area contributed by atoms with E-state index in [2.05, 4.69) is 43.3 Å². The second-order valence-electron chi connectivity index (χ2n) is 5.28. The Morgan fingerprint density at radius 1 is 1.33 bits per heavy atom. The number of terminal acetylenes is 1. The Labute approximate surface area is 111 Å². The molecule has 2 rings (SSSR count). The molecule has 1 N–H and O–H groups in total. The molecule has 96 valence electrons. The standard InChI is InChI=1S/C17H23N/c1-4-7-17(5-2)18-13(3)15-11-10-14-8-6-9-16(14)12-15/h1,10-13,17-18H,5-9H2,2-3H3. The quantitative estimate of drug-likeness (QED) is 0.776. The van der Waals surface area contributed by atoms with Gasteiger partial charge >= 0.3 is 0 Å². The van der Waals surface area contributed by atoms with Crippen molar-refractivity contribution in [2.75, 3.05) is 0 Å². The first-order chi connectivity index (χ1) is 8.74. The van der Waals surface area contributed by atoms with Gasteiger partial charge in [-0.25, -0.2) is 0 Å². The summed E-state index contributed by atoms with van der Waals surface area (Å²) in [4.78, 5) is 0. The first-order valence-electron chi connectivity index (χ1n) is 7.05. The van der Waals surface area contributed by atoms with Crippen molar-refractivity contribution in [3.8, 4) is 12.3 Å². The molecule has 1 heteroatoms. The smallest absolute Gasteiger partial charge is 0.0294 e. The molecule has 0 heterocycles. The van der Waals surface area contributed by atoms with Crippen molar-refractivity contribution in [3.63, 3.8) is 0 Å². The monoisotopic (exact) mass is 241 g/mol. The molecule has 1 nitrogen and oxygen atoms in total. The molecule has 0 amide bonds. The highest BCUT2D eigenvalue weighted by molar-refractivity contribution is 5.36. The van der Waals surface area contributed by atoms with Gasteiger partial charge in [-0.3, -0.25) is 0 Å². The number of rotatable bonds is 5. The molecule has 2 unspecified atom stereocenters. The summed E-state index contributed by atoms with van der Waals surface area (Å²) >= 11 is 0. The third-order valence-corrected chi connectivity index (χ3v) is 3.97. The Bertz CT molecular complexity index is 441. The molecule has 0 bridgehead atoms. The molecule has 1 aromatic rings. The average Bonchev–Trinajstić information content (AvgIpc) is 2.85. The number of nitrogens with one attached hydrogen (secondary N) is 1. The molecule has 1 aliphatic rings. The zero-order valence-corrected chi connectivity index (χ0v) is 11.5. The fraction of sp³-hybridized carbons (Fsp3) is 0.529. The van der Waals surface area contributed by atoms with Crippen LogP contribution in [0.15, 0.2) is 18.2 Å². The van der Waals surface area contributed by atoms with Gasteiger partial charge in [-0.1, -0.05) is 25.1 Å². The molecular formula is C17H23N. The summed E-state index contributed by atoms with van der Waals surface area (Å²) in [6.07, 6.45) is 11.1. The van der Waals surface area contributed by atoms with Crippen LogP contribution in [0.5, 0.6) is 0 Å². The summed E-state index contributed by atoms with van der Waals surface area (Å²) in [5, 5.41) is 3.63. The average molecular weight is 241 g/mol. The van der Waals surface area contributed by atoms with Gasteiger partial charge in [0.2, 0.25) is 0 Å². The van der Waals surface area contributed by atoms with E-state index in [0.29, 0.717) is 12.1 Å². The third-order valence-electron chi connectivity index (χ3n) is 3.97. The van der Waals surface area contributed by atoms with Gasteiger partial charge < -0.3 is 5.32 Å². The van der Waals surface area contributed by atoms with E-state index < -0.39 is 0 Å². The van der Waals surface area contributed by atoms with Gasteiger partial charge in [0, 0.05) is 18.5 Å². The predicted octanol–water partition coefficient (Wildman–Crippen LogP) is 3.63. The second-order valence-corrected chi connectivity index (χ2v) is 5.28. The van der Waals surface area contributed by atoms with E-state index in [1.807, 2.05) is 0 Å². The molecule has 0 saturated heterocycles. The number of aryl methyl sites for hydroxylation is 2. The van der Waals surface area contributed by atoms with E-state index in [4.69, 9.17) is 6.42 Å². The van der Waals surface area contributed by atoms with Crippen LogP contribution < -0.4 is 5.32 Å². The topological polar surface area (TPSA) is 12.0 Å². The Balaban J connectivity index is 2.04. The zero-order valence-electron chi connectivity index (χ0n) is 11.5. The van der Waals surface area contributed by atoms with Crippen LogP contribution >= 0.6 is 0 Å². The molecule has 0 radical (unpaired) electrons. The minimum atomic E-state index is 0.384. The van der Waals surface area contributed by atoms with Crippen molar-refractivity contribution < 1.29 is 0 Å². The van der Waals surface area contributed by atoms with Crippen LogP contribution in [0.2, 0.25) is 0 Å². The van der Waals surface area contributed by atoms with Crippen LogP contribution in [0.25, 0.3) is 0 Å². The Morgan fingerprint density at radius 2 is 2.11 bits per heavy atom. The molecule has 0 aromatic heterocycles. The highest BCUT2D eigenvalue weighted by Crippen LogP contribution is 2.25. The lowest BCUT2D eigenvalue weighted by atomic mass is 10.0. The molecule has 2 atom stereocenters. The van der Waals surface area contributed by atoms with E-state index in [-0.39, 0.29) is 0 Å². The van der Waals surface area contributed by atoms with Crippen LogP contribution in [0.4, 0.5) is 0 Å². The highest BCUT2D eigenvalue weighted by atomic mass is 14.9. The van der Waals surface area contributed by atoms with Crippen molar-refractivity contribution in [1.82, 2.24) is 5.32 Å². The fourth-order valence-corrected chi connectivity index (χ4v) is 2.77. The van der Waals surface area contributed by atoms with Crippen LogP contribution in [-0.2, 0) is 12.8 Å². The minimum Gasteiger partial charge on any atom is -0.307 e. The lowest BCUT2D eigenvalue weighted by Crippen LogP contribution is -2.30. The summed E-state index contributed by atoms with van der Waals surface area (Å²) in [6, 6.07) is 7.76. The van der Waals surface area contributed by atoms with Gasteiger partial charge in [0.1, 0.15) is 0 Å². The van der Waals surface area contributed by atoms with Gasteiger partial charge in [0.05, 0.1) is 0 Å².